The van der Waals surface area contributed by atoms with Gasteiger partial charge in [0.15, 0.2) is 0 Å². The molecule has 4 rings (SSSR count). The molecule has 2 heterocycles. The lowest BCUT2D eigenvalue weighted by Gasteiger charge is -2.22. The van der Waals surface area contributed by atoms with Crippen molar-refractivity contribution < 1.29 is 13.9 Å². The number of hydrazone groups is 1. The van der Waals surface area contributed by atoms with Crippen LogP contribution in [-0.2, 0) is 4.79 Å². The lowest BCUT2D eigenvalue weighted by Crippen LogP contribution is -2.26. The molecule has 5 nitrogen and oxygen atoms in total. The van der Waals surface area contributed by atoms with Gasteiger partial charge in [0.05, 0.1) is 24.4 Å². The van der Waals surface area contributed by atoms with E-state index in [2.05, 4.69) is 10.1 Å². The first-order valence-corrected chi connectivity index (χ1v) is 9.67. The molecular formula is C22H19ClFN3O2. The number of fused-ring (bicyclic) bond motifs is 1. The molecule has 0 fully saturated rings. The summed E-state index contributed by atoms with van der Waals surface area (Å²) in [4.78, 5) is 17.1. The minimum absolute atomic E-state index is 0.117. The highest BCUT2D eigenvalue weighted by atomic mass is 35.5. The van der Waals surface area contributed by atoms with E-state index in [1.165, 1.54) is 17.1 Å². The second-order valence-electron chi connectivity index (χ2n) is 6.79. The van der Waals surface area contributed by atoms with Gasteiger partial charge in [-0.25, -0.2) is 14.4 Å². The quantitative estimate of drug-likeness (QED) is 0.559. The summed E-state index contributed by atoms with van der Waals surface area (Å²) in [7, 11) is 1.60. The number of carbonyl (C=O) groups excluding carboxylic acids is 1. The predicted octanol–water partition coefficient (Wildman–Crippen LogP) is 5.12. The highest BCUT2D eigenvalue weighted by Gasteiger charge is 2.34. The standard InChI is InChI=1S/C22H19ClFN3O2/c1-3-21(28)27-20(12-19(26-27)13-4-6-15(24)7-5-13)17-11-14-10-16(29-2)8-9-18(14)25-22(17)23/h4-11,20H,3,12H2,1-2H3/t20-/m0/s1. The van der Waals surface area contributed by atoms with Crippen molar-refractivity contribution in [2.75, 3.05) is 7.11 Å². The maximum atomic E-state index is 13.3. The Morgan fingerprint density at radius 2 is 2.00 bits per heavy atom. The normalized spacial score (nSPS) is 16.2. The molecule has 7 heteroatoms. The van der Waals surface area contributed by atoms with Gasteiger partial charge in [-0.05, 0) is 42.0 Å². The Morgan fingerprint density at radius 1 is 1.24 bits per heavy atom. The Hall–Kier alpha value is -2.99. The van der Waals surface area contributed by atoms with Crippen molar-refractivity contribution >= 4 is 34.1 Å². The molecule has 1 amide bonds. The van der Waals surface area contributed by atoms with Crippen LogP contribution in [0.15, 0.2) is 53.6 Å². The average molecular weight is 412 g/mol. The van der Waals surface area contributed by atoms with Gasteiger partial charge in [-0.2, -0.15) is 5.10 Å². The molecule has 1 aliphatic heterocycles. The summed E-state index contributed by atoms with van der Waals surface area (Å²) in [5.74, 6) is 0.277. The summed E-state index contributed by atoms with van der Waals surface area (Å²) in [5.41, 5.74) is 2.94. The van der Waals surface area contributed by atoms with Crippen molar-refractivity contribution in [2.24, 2.45) is 5.10 Å². The van der Waals surface area contributed by atoms with Crippen molar-refractivity contribution in [3.8, 4) is 5.75 Å². The summed E-state index contributed by atoms with van der Waals surface area (Å²) in [6.07, 6.45) is 0.775. The fourth-order valence-corrected chi connectivity index (χ4v) is 3.74. The number of carbonyl (C=O) groups is 1. The minimum atomic E-state index is -0.377. The second kappa shape index (κ2) is 7.79. The first-order valence-electron chi connectivity index (χ1n) is 9.29. The third-order valence-electron chi connectivity index (χ3n) is 5.01. The lowest BCUT2D eigenvalue weighted by atomic mass is 9.98. The van der Waals surface area contributed by atoms with Gasteiger partial charge in [-0.1, -0.05) is 30.7 Å². The van der Waals surface area contributed by atoms with E-state index in [-0.39, 0.29) is 17.8 Å². The first-order chi connectivity index (χ1) is 14.0. The Bertz CT molecular complexity index is 1110. The van der Waals surface area contributed by atoms with Gasteiger partial charge >= 0.3 is 0 Å². The maximum Gasteiger partial charge on any atom is 0.242 e. The van der Waals surface area contributed by atoms with E-state index in [1.807, 2.05) is 24.3 Å². The summed E-state index contributed by atoms with van der Waals surface area (Å²) in [5, 5.41) is 7.20. The van der Waals surface area contributed by atoms with Gasteiger partial charge in [0, 0.05) is 23.8 Å². The number of amides is 1. The van der Waals surface area contributed by atoms with Crippen LogP contribution in [0.25, 0.3) is 10.9 Å². The SMILES string of the molecule is CCC(=O)N1N=C(c2ccc(F)cc2)C[C@H]1c1cc2cc(OC)ccc2nc1Cl. The summed E-state index contributed by atoms with van der Waals surface area (Å²) >= 11 is 6.50. The van der Waals surface area contributed by atoms with E-state index in [4.69, 9.17) is 16.3 Å². The molecule has 29 heavy (non-hydrogen) atoms. The van der Waals surface area contributed by atoms with Crippen LogP contribution in [0.2, 0.25) is 5.15 Å². The van der Waals surface area contributed by atoms with Crippen LogP contribution < -0.4 is 4.74 Å². The zero-order chi connectivity index (χ0) is 20.5. The van der Waals surface area contributed by atoms with E-state index >= 15 is 0 Å². The average Bonchev–Trinajstić information content (AvgIpc) is 3.18. The molecular weight excluding hydrogens is 393 g/mol. The molecule has 0 saturated carbocycles. The highest BCUT2D eigenvalue weighted by Crippen LogP contribution is 2.38. The highest BCUT2D eigenvalue weighted by molar-refractivity contribution is 6.30. The van der Waals surface area contributed by atoms with Crippen LogP contribution in [-0.4, -0.2) is 28.7 Å². The Labute approximate surface area is 172 Å². The van der Waals surface area contributed by atoms with Gasteiger partial charge in [-0.15, -0.1) is 0 Å². The van der Waals surface area contributed by atoms with Crippen LogP contribution in [0.1, 0.15) is 36.9 Å². The van der Waals surface area contributed by atoms with Crippen LogP contribution in [0.5, 0.6) is 5.75 Å². The second-order valence-corrected chi connectivity index (χ2v) is 7.15. The molecule has 0 aliphatic carbocycles. The monoisotopic (exact) mass is 411 g/mol. The molecule has 0 unspecified atom stereocenters. The number of ether oxygens (including phenoxy) is 1. The summed E-state index contributed by atoms with van der Waals surface area (Å²) < 4.78 is 18.6. The number of methoxy groups -OCH3 is 1. The van der Waals surface area contributed by atoms with E-state index in [0.717, 1.165) is 22.0 Å². The third kappa shape index (κ3) is 3.68. The zero-order valence-electron chi connectivity index (χ0n) is 16.0. The van der Waals surface area contributed by atoms with Crippen LogP contribution in [0.3, 0.4) is 0 Å². The van der Waals surface area contributed by atoms with Crippen molar-refractivity contribution in [2.45, 2.75) is 25.8 Å². The number of nitrogens with zero attached hydrogens (tertiary/aromatic N) is 3. The van der Waals surface area contributed by atoms with E-state index in [0.29, 0.717) is 29.5 Å². The molecule has 2 aromatic carbocycles. The molecule has 0 saturated heterocycles. The van der Waals surface area contributed by atoms with Crippen molar-refractivity contribution in [3.05, 3.63) is 70.6 Å². The van der Waals surface area contributed by atoms with Crippen molar-refractivity contribution in [3.63, 3.8) is 0 Å². The number of halogens is 2. The topological polar surface area (TPSA) is 54.8 Å². The number of pyridine rings is 1. The number of aromatic nitrogens is 1. The smallest absolute Gasteiger partial charge is 0.242 e. The van der Waals surface area contributed by atoms with E-state index in [1.54, 1.807) is 26.2 Å². The van der Waals surface area contributed by atoms with Gasteiger partial charge in [0.1, 0.15) is 16.7 Å². The van der Waals surface area contributed by atoms with Crippen LogP contribution in [0, 0.1) is 5.82 Å². The fourth-order valence-electron chi connectivity index (χ4n) is 3.47. The molecule has 3 aromatic rings. The molecule has 1 aliphatic rings. The number of hydrogen-bond acceptors (Lipinski definition) is 4. The Kier molecular flexibility index (Phi) is 5.20. The minimum Gasteiger partial charge on any atom is -0.497 e. The van der Waals surface area contributed by atoms with Gasteiger partial charge in [0.25, 0.3) is 0 Å². The largest absolute Gasteiger partial charge is 0.497 e. The fraction of sp³-hybridized carbons (Fsp3) is 0.227. The van der Waals surface area contributed by atoms with E-state index in [9.17, 15) is 9.18 Å². The summed E-state index contributed by atoms with van der Waals surface area (Å²) in [6.45, 7) is 1.79. The maximum absolute atomic E-state index is 13.3. The lowest BCUT2D eigenvalue weighted by molar-refractivity contribution is -0.132. The number of hydrogen-bond donors (Lipinski definition) is 0. The molecule has 0 bridgehead atoms. The first kappa shape index (κ1) is 19.3. The predicted molar refractivity (Wildman–Crippen MR) is 111 cm³/mol. The van der Waals surface area contributed by atoms with Crippen molar-refractivity contribution in [1.29, 1.82) is 0 Å². The molecule has 0 radical (unpaired) electrons. The number of rotatable bonds is 4. The number of benzene rings is 2. The van der Waals surface area contributed by atoms with Crippen molar-refractivity contribution in [1.82, 2.24) is 9.99 Å². The van der Waals surface area contributed by atoms with Gasteiger partial charge < -0.3 is 4.74 Å². The molecule has 0 spiro atoms. The third-order valence-corrected chi connectivity index (χ3v) is 5.31. The summed E-state index contributed by atoms with van der Waals surface area (Å²) in [6, 6.07) is 13.2. The van der Waals surface area contributed by atoms with Gasteiger partial charge in [0.2, 0.25) is 5.91 Å². The molecule has 148 valence electrons. The molecule has 0 N–H and O–H groups in total. The Morgan fingerprint density at radius 3 is 2.69 bits per heavy atom. The molecule has 1 atom stereocenters. The van der Waals surface area contributed by atoms with Crippen LogP contribution >= 0.6 is 11.6 Å². The van der Waals surface area contributed by atoms with Gasteiger partial charge in [-0.3, -0.25) is 4.79 Å². The van der Waals surface area contributed by atoms with Crippen LogP contribution in [0.4, 0.5) is 4.39 Å². The van der Waals surface area contributed by atoms with E-state index < -0.39 is 0 Å². The Balaban J connectivity index is 1.77. The zero-order valence-corrected chi connectivity index (χ0v) is 16.8. The molecule has 1 aromatic heterocycles.